The Morgan fingerprint density at radius 1 is 1.15 bits per heavy atom. The quantitative estimate of drug-likeness (QED) is 0.323. The number of aliphatic carboxylic acids is 1. The summed E-state index contributed by atoms with van der Waals surface area (Å²) in [4.78, 5) is 40.8. The van der Waals surface area contributed by atoms with Gasteiger partial charge in [-0.15, -0.1) is 0 Å². The second kappa shape index (κ2) is 9.90. The number of methoxy groups -OCH3 is 1. The number of furan rings is 1. The number of ether oxygens (including phenoxy) is 1. The summed E-state index contributed by atoms with van der Waals surface area (Å²) < 4.78 is 11.8. The van der Waals surface area contributed by atoms with Crippen LogP contribution in [0.4, 0.5) is 5.82 Å². The molecule has 0 spiro atoms. The molecule has 1 amide bonds. The van der Waals surface area contributed by atoms with Gasteiger partial charge >= 0.3 is 11.9 Å². The van der Waals surface area contributed by atoms with Gasteiger partial charge in [0.25, 0.3) is 5.91 Å². The predicted octanol–water partition coefficient (Wildman–Crippen LogP) is 2.60. The van der Waals surface area contributed by atoms with Crippen LogP contribution in [-0.2, 0) is 20.7 Å². The standard InChI is InChI=1S/C24H22N4O6/c1-33-20(29)14-25-22-21(18-8-5-11-34-18)27-19-13-16(9-10-28(19)22)23(30)26-17(24(31)32)12-15-6-3-2-4-7-15/h2-11,13,17,25H,12,14H2,1H3,(H,26,30)(H,31,32). The van der Waals surface area contributed by atoms with E-state index in [-0.39, 0.29) is 18.5 Å². The Morgan fingerprint density at radius 3 is 2.62 bits per heavy atom. The molecular weight excluding hydrogens is 440 g/mol. The smallest absolute Gasteiger partial charge is 0.326 e. The molecule has 34 heavy (non-hydrogen) atoms. The van der Waals surface area contributed by atoms with E-state index in [0.29, 0.717) is 22.9 Å². The summed E-state index contributed by atoms with van der Waals surface area (Å²) in [7, 11) is 1.29. The van der Waals surface area contributed by atoms with Crippen LogP contribution in [0.15, 0.2) is 71.5 Å². The van der Waals surface area contributed by atoms with Crippen molar-refractivity contribution in [3.63, 3.8) is 0 Å². The number of carbonyl (C=O) groups is 3. The largest absolute Gasteiger partial charge is 0.480 e. The van der Waals surface area contributed by atoms with Crippen LogP contribution in [0.1, 0.15) is 15.9 Å². The molecule has 3 heterocycles. The van der Waals surface area contributed by atoms with Gasteiger partial charge in [0, 0.05) is 18.2 Å². The summed E-state index contributed by atoms with van der Waals surface area (Å²) in [5, 5.41) is 15.1. The second-order valence-corrected chi connectivity index (χ2v) is 7.41. The molecule has 0 fully saturated rings. The van der Waals surface area contributed by atoms with E-state index in [1.807, 2.05) is 18.2 Å². The lowest BCUT2D eigenvalue weighted by Crippen LogP contribution is -2.42. The van der Waals surface area contributed by atoms with Gasteiger partial charge in [0.1, 0.15) is 29.7 Å². The molecule has 1 atom stereocenters. The van der Waals surface area contributed by atoms with E-state index < -0.39 is 23.9 Å². The Hall–Kier alpha value is -4.60. The molecule has 10 heteroatoms. The number of aromatic nitrogens is 2. The Kier molecular flexibility index (Phi) is 6.58. The van der Waals surface area contributed by atoms with Crippen molar-refractivity contribution >= 4 is 29.3 Å². The van der Waals surface area contributed by atoms with Gasteiger partial charge in [0.05, 0.1) is 13.4 Å². The molecule has 10 nitrogen and oxygen atoms in total. The number of pyridine rings is 1. The summed E-state index contributed by atoms with van der Waals surface area (Å²) in [6, 6.07) is 14.5. The van der Waals surface area contributed by atoms with Gasteiger partial charge in [-0.2, -0.15) is 0 Å². The summed E-state index contributed by atoms with van der Waals surface area (Å²) in [6.07, 6.45) is 3.26. The molecule has 4 rings (SSSR count). The minimum atomic E-state index is -1.13. The van der Waals surface area contributed by atoms with Crippen LogP contribution in [0.25, 0.3) is 17.1 Å². The van der Waals surface area contributed by atoms with E-state index in [1.165, 1.54) is 19.4 Å². The number of hydrogen-bond donors (Lipinski definition) is 3. The number of nitrogens with one attached hydrogen (secondary N) is 2. The fraction of sp³-hybridized carbons (Fsp3) is 0.167. The number of carbonyl (C=O) groups excluding carboxylic acids is 2. The number of fused-ring (bicyclic) bond motifs is 1. The molecule has 4 aromatic rings. The lowest BCUT2D eigenvalue weighted by molar-refractivity contribution is -0.139. The first-order chi connectivity index (χ1) is 16.5. The zero-order valence-corrected chi connectivity index (χ0v) is 18.2. The number of benzene rings is 1. The Bertz CT molecular complexity index is 1310. The lowest BCUT2D eigenvalue weighted by Gasteiger charge is -2.15. The Balaban J connectivity index is 1.61. The predicted molar refractivity (Wildman–Crippen MR) is 122 cm³/mol. The number of anilines is 1. The number of nitrogens with zero attached hydrogens (tertiary/aromatic N) is 2. The van der Waals surface area contributed by atoms with Crippen LogP contribution in [0.2, 0.25) is 0 Å². The average Bonchev–Trinajstić information content (AvgIpc) is 3.50. The maximum atomic E-state index is 12.9. The molecule has 0 aliphatic carbocycles. The number of rotatable bonds is 9. The molecule has 0 radical (unpaired) electrons. The highest BCUT2D eigenvalue weighted by Crippen LogP contribution is 2.29. The normalized spacial score (nSPS) is 11.7. The monoisotopic (exact) mass is 462 g/mol. The summed E-state index contributed by atoms with van der Waals surface area (Å²) in [5.41, 5.74) is 1.88. The van der Waals surface area contributed by atoms with Crippen LogP contribution in [-0.4, -0.2) is 52.0 Å². The molecular formula is C24H22N4O6. The van der Waals surface area contributed by atoms with Gasteiger partial charge in [0.15, 0.2) is 5.76 Å². The Labute approximate surface area is 194 Å². The summed E-state index contributed by atoms with van der Waals surface area (Å²) >= 11 is 0. The maximum absolute atomic E-state index is 12.9. The van der Waals surface area contributed by atoms with Crippen LogP contribution in [0.5, 0.6) is 0 Å². The van der Waals surface area contributed by atoms with E-state index in [1.54, 1.807) is 40.9 Å². The van der Waals surface area contributed by atoms with Crippen LogP contribution >= 0.6 is 0 Å². The van der Waals surface area contributed by atoms with Gasteiger partial charge in [-0.3, -0.25) is 14.0 Å². The summed E-state index contributed by atoms with van der Waals surface area (Å²) in [6.45, 7) is -0.0972. The number of esters is 1. The molecule has 0 saturated carbocycles. The van der Waals surface area contributed by atoms with Crippen LogP contribution in [0.3, 0.4) is 0 Å². The fourth-order valence-corrected chi connectivity index (χ4v) is 3.46. The maximum Gasteiger partial charge on any atom is 0.326 e. The van der Waals surface area contributed by atoms with Gasteiger partial charge in [-0.05, 0) is 29.8 Å². The van der Waals surface area contributed by atoms with E-state index >= 15 is 0 Å². The van der Waals surface area contributed by atoms with Crippen molar-refractivity contribution in [1.82, 2.24) is 14.7 Å². The van der Waals surface area contributed by atoms with Crippen molar-refractivity contribution in [2.75, 3.05) is 19.0 Å². The molecule has 0 aliphatic rings. The first-order valence-corrected chi connectivity index (χ1v) is 10.4. The van der Waals surface area contributed by atoms with Crippen LogP contribution in [0, 0.1) is 0 Å². The van der Waals surface area contributed by atoms with Crippen molar-refractivity contribution in [2.24, 2.45) is 0 Å². The second-order valence-electron chi connectivity index (χ2n) is 7.41. The van der Waals surface area contributed by atoms with E-state index in [4.69, 9.17) is 4.42 Å². The third kappa shape index (κ3) is 4.90. The zero-order chi connectivity index (χ0) is 24.1. The first-order valence-electron chi connectivity index (χ1n) is 10.4. The van der Waals surface area contributed by atoms with Gasteiger partial charge in [-0.1, -0.05) is 30.3 Å². The fourth-order valence-electron chi connectivity index (χ4n) is 3.46. The highest BCUT2D eigenvalue weighted by atomic mass is 16.5. The topological polar surface area (TPSA) is 135 Å². The number of hydrogen-bond acceptors (Lipinski definition) is 7. The van der Waals surface area contributed by atoms with Gasteiger partial charge in [-0.25, -0.2) is 9.78 Å². The molecule has 0 bridgehead atoms. The van der Waals surface area contributed by atoms with Gasteiger partial charge in [0.2, 0.25) is 0 Å². The lowest BCUT2D eigenvalue weighted by atomic mass is 10.1. The van der Waals surface area contributed by atoms with Gasteiger partial charge < -0.3 is 24.9 Å². The van der Waals surface area contributed by atoms with Crippen LogP contribution < -0.4 is 10.6 Å². The number of imidazole rings is 1. The van der Waals surface area contributed by atoms with E-state index in [2.05, 4.69) is 20.4 Å². The van der Waals surface area contributed by atoms with Crippen molar-refractivity contribution in [3.8, 4) is 11.5 Å². The molecule has 1 unspecified atom stereocenters. The average molecular weight is 462 g/mol. The SMILES string of the molecule is COC(=O)CNc1c(-c2ccco2)nc2cc(C(=O)NC(Cc3ccccc3)C(=O)O)ccn12. The number of carboxylic acids is 1. The molecule has 3 aromatic heterocycles. The van der Waals surface area contributed by atoms with Crippen molar-refractivity contribution in [3.05, 3.63) is 78.2 Å². The first kappa shape index (κ1) is 22.6. The molecule has 174 valence electrons. The number of carboxylic acid groups (broad SMARTS) is 1. The molecule has 3 N–H and O–H groups in total. The minimum Gasteiger partial charge on any atom is -0.480 e. The van der Waals surface area contributed by atoms with Crippen molar-refractivity contribution in [2.45, 2.75) is 12.5 Å². The number of amides is 1. The molecule has 1 aromatic carbocycles. The Morgan fingerprint density at radius 2 is 1.94 bits per heavy atom. The third-order valence-electron chi connectivity index (χ3n) is 5.16. The highest BCUT2D eigenvalue weighted by molar-refractivity contribution is 5.97. The summed E-state index contributed by atoms with van der Waals surface area (Å²) in [5.74, 6) is -1.19. The van der Waals surface area contributed by atoms with Crippen molar-refractivity contribution in [1.29, 1.82) is 0 Å². The molecule has 0 aliphatic heterocycles. The van der Waals surface area contributed by atoms with E-state index in [9.17, 15) is 19.5 Å². The highest BCUT2D eigenvalue weighted by Gasteiger charge is 2.23. The minimum absolute atomic E-state index is 0.0972. The zero-order valence-electron chi connectivity index (χ0n) is 18.2. The third-order valence-corrected chi connectivity index (χ3v) is 5.16. The van der Waals surface area contributed by atoms with E-state index in [0.717, 1.165) is 5.56 Å². The molecule has 0 saturated heterocycles. The van der Waals surface area contributed by atoms with Crippen molar-refractivity contribution < 1.29 is 28.6 Å².